The van der Waals surface area contributed by atoms with E-state index in [1.165, 1.54) is 11.0 Å². The lowest BCUT2D eigenvalue weighted by molar-refractivity contribution is -0.385. The number of nitrogens with two attached hydrogens (primary N) is 1. The van der Waals surface area contributed by atoms with Gasteiger partial charge in [-0.3, -0.25) is 14.9 Å². The first-order chi connectivity index (χ1) is 8.97. The molecule has 7 nitrogen and oxygen atoms in total. The third-order valence-corrected chi connectivity index (χ3v) is 2.77. The van der Waals surface area contributed by atoms with E-state index in [0.29, 0.717) is 6.54 Å². The molecule has 0 atom stereocenters. The van der Waals surface area contributed by atoms with Crippen LogP contribution in [0.4, 0.5) is 11.5 Å². The molecule has 0 spiro atoms. The highest BCUT2D eigenvalue weighted by atomic mass is 16.6. The molecule has 0 unspecified atom stereocenters. The molecule has 0 saturated carbocycles. The van der Waals surface area contributed by atoms with Gasteiger partial charge in [0.1, 0.15) is 17.6 Å². The van der Waals surface area contributed by atoms with Crippen LogP contribution in [0.15, 0.2) is 12.3 Å². The maximum Gasteiger partial charge on any atom is 0.300 e. The molecule has 0 saturated heterocycles. The van der Waals surface area contributed by atoms with Crippen LogP contribution in [-0.4, -0.2) is 34.3 Å². The lowest BCUT2D eigenvalue weighted by Crippen LogP contribution is -2.28. The van der Waals surface area contributed by atoms with E-state index in [2.05, 4.69) is 11.9 Å². The van der Waals surface area contributed by atoms with Gasteiger partial charge < -0.3 is 10.6 Å². The number of hydrogen-bond donors (Lipinski definition) is 1. The zero-order chi connectivity index (χ0) is 14.4. The molecule has 7 heteroatoms. The van der Waals surface area contributed by atoms with Gasteiger partial charge in [-0.05, 0) is 12.5 Å². The predicted octanol–water partition coefficient (Wildman–Crippen LogP) is 1.83. The van der Waals surface area contributed by atoms with Crippen LogP contribution >= 0.6 is 0 Å². The maximum absolute atomic E-state index is 12.2. The van der Waals surface area contributed by atoms with Crippen molar-refractivity contribution in [3.05, 3.63) is 27.9 Å². The third kappa shape index (κ3) is 3.90. The van der Waals surface area contributed by atoms with Gasteiger partial charge in [0.2, 0.25) is 0 Å². The number of nitrogens with zero attached hydrogens (tertiary/aromatic N) is 3. The molecule has 0 bridgehead atoms. The minimum atomic E-state index is -0.625. The van der Waals surface area contributed by atoms with Gasteiger partial charge in [-0.1, -0.05) is 19.8 Å². The number of nitro groups is 1. The van der Waals surface area contributed by atoms with Gasteiger partial charge in [0.15, 0.2) is 0 Å². The average Bonchev–Trinajstić information content (AvgIpc) is 2.37. The SMILES string of the molecule is CCCCCN(C)C(=O)c1cc(N)ncc1[N+](=O)[O-]. The number of amides is 1. The predicted molar refractivity (Wildman–Crippen MR) is 71.8 cm³/mol. The van der Waals surface area contributed by atoms with E-state index < -0.39 is 10.8 Å². The summed E-state index contributed by atoms with van der Waals surface area (Å²) in [6.45, 7) is 2.63. The molecule has 19 heavy (non-hydrogen) atoms. The highest BCUT2D eigenvalue weighted by Crippen LogP contribution is 2.20. The van der Waals surface area contributed by atoms with E-state index >= 15 is 0 Å². The van der Waals surface area contributed by atoms with Crippen molar-refractivity contribution in [2.75, 3.05) is 19.3 Å². The van der Waals surface area contributed by atoms with Gasteiger partial charge in [0, 0.05) is 13.6 Å². The molecule has 1 rings (SSSR count). The molecule has 1 aromatic rings. The summed E-state index contributed by atoms with van der Waals surface area (Å²) in [6, 6.07) is 1.25. The van der Waals surface area contributed by atoms with E-state index in [4.69, 9.17) is 5.73 Å². The van der Waals surface area contributed by atoms with Crippen LogP contribution in [0.5, 0.6) is 0 Å². The molecule has 0 radical (unpaired) electrons. The first-order valence-electron chi connectivity index (χ1n) is 6.12. The minimum Gasteiger partial charge on any atom is -0.384 e. The van der Waals surface area contributed by atoms with Crippen molar-refractivity contribution in [2.45, 2.75) is 26.2 Å². The van der Waals surface area contributed by atoms with Crippen LogP contribution < -0.4 is 5.73 Å². The molecule has 1 amide bonds. The van der Waals surface area contributed by atoms with Crippen LogP contribution in [-0.2, 0) is 0 Å². The maximum atomic E-state index is 12.2. The molecule has 104 valence electrons. The number of aromatic nitrogens is 1. The molecule has 0 aliphatic heterocycles. The Morgan fingerprint density at radius 1 is 1.53 bits per heavy atom. The summed E-state index contributed by atoms with van der Waals surface area (Å²) in [5, 5.41) is 10.9. The zero-order valence-corrected chi connectivity index (χ0v) is 11.1. The van der Waals surface area contributed by atoms with Crippen LogP contribution in [0.2, 0.25) is 0 Å². The standard InChI is InChI=1S/C12H18N4O3/c1-3-4-5-6-15(2)12(17)9-7-11(13)14-8-10(9)16(18)19/h7-8H,3-6H2,1-2H3,(H2,13,14). The number of unbranched alkanes of at least 4 members (excludes halogenated alkanes) is 2. The fraction of sp³-hybridized carbons (Fsp3) is 0.500. The van der Waals surface area contributed by atoms with Gasteiger partial charge in [0.25, 0.3) is 11.6 Å². The van der Waals surface area contributed by atoms with E-state index in [9.17, 15) is 14.9 Å². The number of anilines is 1. The van der Waals surface area contributed by atoms with E-state index in [0.717, 1.165) is 25.5 Å². The van der Waals surface area contributed by atoms with Crippen LogP contribution in [0.3, 0.4) is 0 Å². The van der Waals surface area contributed by atoms with Crippen molar-refractivity contribution in [3.8, 4) is 0 Å². The third-order valence-electron chi connectivity index (χ3n) is 2.77. The molecule has 0 aliphatic rings. The number of carbonyl (C=O) groups excluding carboxylic acids is 1. The zero-order valence-electron chi connectivity index (χ0n) is 11.1. The van der Waals surface area contributed by atoms with Crippen LogP contribution in [0.1, 0.15) is 36.5 Å². The number of hydrogen-bond acceptors (Lipinski definition) is 5. The van der Waals surface area contributed by atoms with Crippen LogP contribution in [0, 0.1) is 10.1 Å². The Hall–Kier alpha value is -2.18. The van der Waals surface area contributed by atoms with Gasteiger partial charge in [-0.2, -0.15) is 0 Å². The van der Waals surface area contributed by atoms with Gasteiger partial charge >= 0.3 is 0 Å². The minimum absolute atomic E-state index is 0.0171. The largest absolute Gasteiger partial charge is 0.384 e. The average molecular weight is 266 g/mol. The summed E-state index contributed by atoms with van der Waals surface area (Å²) < 4.78 is 0. The highest BCUT2D eigenvalue weighted by Gasteiger charge is 2.23. The van der Waals surface area contributed by atoms with Crippen molar-refractivity contribution >= 4 is 17.4 Å². The van der Waals surface area contributed by atoms with Crippen molar-refractivity contribution in [1.29, 1.82) is 0 Å². The second-order valence-corrected chi connectivity index (χ2v) is 4.32. The smallest absolute Gasteiger partial charge is 0.300 e. The monoisotopic (exact) mass is 266 g/mol. The van der Waals surface area contributed by atoms with Gasteiger partial charge in [-0.15, -0.1) is 0 Å². The quantitative estimate of drug-likeness (QED) is 0.480. The van der Waals surface area contributed by atoms with Crippen molar-refractivity contribution < 1.29 is 9.72 Å². The molecule has 1 heterocycles. The molecule has 0 aliphatic carbocycles. The molecule has 2 N–H and O–H groups in total. The number of rotatable bonds is 6. The van der Waals surface area contributed by atoms with E-state index in [1.807, 2.05) is 0 Å². The van der Waals surface area contributed by atoms with E-state index in [1.54, 1.807) is 7.05 Å². The number of carbonyl (C=O) groups is 1. The molecule has 0 aromatic carbocycles. The molecule has 1 aromatic heterocycles. The molecular weight excluding hydrogens is 248 g/mol. The summed E-state index contributed by atoms with van der Waals surface area (Å²) in [7, 11) is 1.62. The second-order valence-electron chi connectivity index (χ2n) is 4.32. The lowest BCUT2D eigenvalue weighted by atomic mass is 10.2. The Kier molecular flexibility index (Phi) is 5.23. The van der Waals surface area contributed by atoms with Crippen LogP contribution in [0.25, 0.3) is 0 Å². The number of nitrogen functional groups attached to an aromatic ring is 1. The normalized spacial score (nSPS) is 10.2. The van der Waals surface area contributed by atoms with Crippen molar-refractivity contribution in [3.63, 3.8) is 0 Å². The summed E-state index contributed by atoms with van der Waals surface area (Å²) >= 11 is 0. The summed E-state index contributed by atoms with van der Waals surface area (Å²) in [5.41, 5.74) is 5.15. The van der Waals surface area contributed by atoms with Gasteiger partial charge in [0.05, 0.1) is 4.92 Å². The Bertz CT molecular complexity index is 476. The fourth-order valence-electron chi connectivity index (χ4n) is 1.69. The Labute approximate surface area is 111 Å². The Morgan fingerprint density at radius 3 is 2.79 bits per heavy atom. The lowest BCUT2D eigenvalue weighted by Gasteiger charge is -2.16. The second kappa shape index (κ2) is 6.67. The summed E-state index contributed by atoms with van der Waals surface area (Å²) in [4.78, 5) is 27.5. The Balaban J connectivity index is 2.91. The topological polar surface area (TPSA) is 102 Å². The van der Waals surface area contributed by atoms with Gasteiger partial charge in [-0.25, -0.2) is 4.98 Å². The summed E-state index contributed by atoms with van der Waals surface area (Å²) in [5.74, 6) is -0.312. The number of pyridine rings is 1. The molecular formula is C12H18N4O3. The first kappa shape index (κ1) is 14.9. The summed E-state index contributed by atoms with van der Waals surface area (Å²) in [6.07, 6.45) is 3.94. The Morgan fingerprint density at radius 2 is 2.21 bits per heavy atom. The fourth-order valence-corrected chi connectivity index (χ4v) is 1.69. The van der Waals surface area contributed by atoms with E-state index in [-0.39, 0.29) is 17.1 Å². The van der Waals surface area contributed by atoms with Crippen molar-refractivity contribution in [2.24, 2.45) is 0 Å². The molecule has 0 fully saturated rings. The van der Waals surface area contributed by atoms with Crippen molar-refractivity contribution in [1.82, 2.24) is 9.88 Å². The first-order valence-corrected chi connectivity index (χ1v) is 6.12. The highest BCUT2D eigenvalue weighted by molar-refractivity contribution is 5.98.